The molecule has 2 rings (SSSR count). The molecule has 2 aromatic heterocycles. The molecule has 0 aliphatic rings. The van der Waals surface area contributed by atoms with Gasteiger partial charge in [-0.05, 0) is 13.0 Å². The Morgan fingerprint density at radius 1 is 1.60 bits per heavy atom. The maximum Gasteiger partial charge on any atom is 0.0944 e. The highest BCUT2D eigenvalue weighted by atomic mass is 32.1. The van der Waals surface area contributed by atoms with E-state index in [1.807, 2.05) is 30.1 Å². The Morgan fingerprint density at radius 3 is 2.93 bits per heavy atom. The van der Waals surface area contributed by atoms with Crippen LogP contribution in [0.3, 0.4) is 0 Å². The Kier molecular flexibility index (Phi) is 2.83. The zero-order valence-corrected chi connectivity index (χ0v) is 9.66. The van der Waals surface area contributed by atoms with E-state index in [1.54, 1.807) is 17.5 Å². The molecule has 0 bridgehead atoms. The Labute approximate surface area is 92.8 Å². The molecule has 5 heteroatoms. The van der Waals surface area contributed by atoms with Crippen molar-refractivity contribution in [3.63, 3.8) is 0 Å². The van der Waals surface area contributed by atoms with Crippen LogP contribution in [0.4, 0.5) is 0 Å². The Balaban J connectivity index is 2.14. The third kappa shape index (κ3) is 2.24. The lowest BCUT2D eigenvalue weighted by atomic mass is 10.1. The minimum Gasteiger partial charge on any atom is -0.322 e. The molecule has 0 aliphatic carbocycles. The molecule has 1 unspecified atom stereocenters. The molecule has 0 radical (unpaired) electrons. The van der Waals surface area contributed by atoms with Gasteiger partial charge >= 0.3 is 0 Å². The monoisotopic (exact) mass is 222 g/mol. The summed E-state index contributed by atoms with van der Waals surface area (Å²) in [7, 11) is 1.92. The van der Waals surface area contributed by atoms with Gasteiger partial charge in [0, 0.05) is 25.0 Å². The molecule has 1 atom stereocenters. The van der Waals surface area contributed by atoms with E-state index in [2.05, 4.69) is 10.1 Å². The van der Waals surface area contributed by atoms with Gasteiger partial charge in [-0.2, -0.15) is 5.10 Å². The molecule has 0 spiro atoms. The second-order valence-corrected chi connectivity index (χ2v) is 4.55. The smallest absolute Gasteiger partial charge is 0.0944 e. The predicted octanol–water partition coefficient (Wildman–Crippen LogP) is 1.43. The first kappa shape index (κ1) is 10.3. The van der Waals surface area contributed by atoms with Gasteiger partial charge in [-0.3, -0.25) is 4.68 Å². The van der Waals surface area contributed by atoms with Crippen LogP contribution in [0.2, 0.25) is 0 Å². The van der Waals surface area contributed by atoms with Crippen molar-refractivity contribution in [2.24, 2.45) is 12.8 Å². The molecular weight excluding hydrogens is 208 g/mol. The first-order valence-corrected chi connectivity index (χ1v) is 5.69. The number of nitrogens with zero attached hydrogens (tertiary/aromatic N) is 3. The van der Waals surface area contributed by atoms with Crippen molar-refractivity contribution < 1.29 is 0 Å². The largest absolute Gasteiger partial charge is 0.322 e. The quantitative estimate of drug-likeness (QED) is 0.854. The van der Waals surface area contributed by atoms with Crippen LogP contribution in [0.25, 0.3) is 0 Å². The summed E-state index contributed by atoms with van der Waals surface area (Å²) < 4.78 is 1.84. The number of nitrogens with two attached hydrogens (primary N) is 1. The van der Waals surface area contributed by atoms with Gasteiger partial charge in [0.2, 0.25) is 0 Å². The van der Waals surface area contributed by atoms with Crippen LogP contribution < -0.4 is 5.73 Å². The lowest BCUT2D eigenvalue weighted by molar-refractivity contribution is 0.614. The molecule has 0 saturated heterocycles. The maximum absolute atomic E-state index is 6.11. The van der Waals surface area contributed by atoms with E-state index in [-0.39, 0.29) is 6.04 Å². The molecule has 2 aromatic rings. The highest BCUT2D eigenvalue weighted by Crippen LogP contribution is 2.17. The zero-order valence-electron chi connectivity index (χ0n) is 8.84. The molecule has 0 aromatic carbocycles. The van der Waals surface area contributed by atoms with Gasteiger partial charge < -0.3 is 5.73 Å². The van der Waals surface area contributed by atoms with Gasteiger partial charge in [0.15, 0.2) is 0 Å². The minimum atomic E-state index is -0.0256. The topological polar surface area (TPSA) is 56.7 Å². The Morgan fingerprint density at radius 2 is 2.40 bits per heavy atom. The SMILES string of the molecule is Cc1cc(C(N)Cc2nccs2)n(C)n1. The summed E-state index contributed by atoms with van der Waals surface area (Å²) in [6.45, 7) is 1.97. The fraction of sp³-hybridized carbons (Fsp3) is 0.400. The second-order valence-electron chi connectivity index (χ2n) is 3.57. The standard InChI is InChI=1S/C10H14N4S/c1-7-5-9(14(2)13-7)8(11)6-10-12-3-4-15-10/h3-5,8H,6,11H2,1-2H3. The minimum absolute atomic E-state index is 0.0256. The fourth-order valence-electron chi connectivity index (χ4n) is 1.62. The average Bonchev–Trinajstić information content (AvgIpc) is 2.75. The molecule has 0 saturated carbocycles. The van der Waals surface area contributed by atoms with Crippen LogP contribution in [-0.4, -0.2) is 14.8 Å². The summed E-state index contributed by atoms with van der Waals surface area (Å²) in [5, 5.41) is 7.32. The highest BCUT2D eigenvalue weighted by molar-refractivity contribution is 7.09. The maximum atomic E-state index is 6.11. The van der Waals surface area contributed by atoms with Crippen molar-refractivity contribution in [3.8, 4) is 0 Å². The van der Waals surface area contributed by atoms with Crippen LogP contribution in [0.1, 0.15) is 22.4 Å². The fourth-order valence-corrected chi connectivity index (χ4v) is 2.30. The van der Waals surface area contributed by atoms with Gasteiger partial charge in [0.1, 0.15) is 0 Å². The lowest BCUT2D eigenvalue weighted by Crippen LogP contribution is -2.16. The van der Waals surface area contributed by atoms with E-state index in [0.29, 0.717) is 0 Å². The van der Waals surface area contributed by atoms with Gasteiger partial charge in [0.25, 0.3) is 0 Å². The summed E-state index contributed by atoms with van der Waals surface area (Å²) >= 11 is 1.64. The van der Waals surface area contributed by atoms with Crippen molar-refractivity contribution in [2.75, 3.05) is 0 Å². The van der Waals surface area contributed by atoms with E-state index in [1.165, 1.54) is 0 Å². The van der Waals surface area contributed by atoms with E-state index in [0.717, 1.165) is 22.8 Å². The van der Waals surface area contributed by atoms with Crippen molar-refractivity contribution in [2.45, 2.75) is 19.4 Å². The molecule has 15 heavy (non-hydrogen) atoms. The van der Waals surface area contributed by atoms with Crippen LogP contribution in [0, 0.1) is 6.92 Å². The third-order valence-electron chi connectivity index (χ3n) is 2.30. The summed E-state index contributed by atoms with van der Waals surface area (Å²) in [6, 6.07) is 2.00. The third-order valence-corrected chi connectivity index (χ3v) is 3.10. The van der Waals surface area contributed by atoms with E-state index in [9.17, 15) is 0 Å². The van der Waals surface area contributed by atoms with E-state index >= 15 is 0 Å². The van der Waals surface area contributed by atoms with Crippen molar-refractivity contribution in [3.05, 3.63) is 34.0 Å². The van der Waals surface area contributed by atoms with Crippen LogP contribution in [-0.2, 0) is 13.5 Å². The molecule has 2 N–H and O–H groups in total. The summed E-state index contributed by atoms with van der Waals surface area (Å²) in [5.74, 6) is 0. The number of rotatable bonds is 3. The van der Waals surface area contributed by atoms with E-state index < -0.39 is 0 Å². The molecule has 80 valence electrons. The number of thiazole rings is 1. The first-order chi connectivity index (χ1) is 7.16. The average molecular weight is 222 g/mol. The van der Waals surface area contributed by atoms with Crippen LogP contribution in [0.15, 0.2) is 17.6 Å². The van der Waals surface area contributed by atoms with Gasteiger partial charge in [-0.1, -0.05) is 0 Å². The normalized spacial score (nSPS) is 13.0. The van der Waals surface area contributed by atoms with Crippen molar-refractivity contribution >= 4 is 11.3 Å². The molecule has 0 fully saturated rings. The Hall–Kier alpha value is -1.20. The van der Waals surface area contributed by atoms with E-state index in [4.69, 9.17) is 5.73 Å². The summed E-state index contributed by atoms with van der Waals surface area (Å²) in [6.07, 6.45) is 2.58. The van der Waals surface area contributed by atoms with Crippen molar-refractivity contribution in [1.29, 1.82) is 0 Å². The Bertz CT molecular complexity index is 432. The van der Waals surface area contributed by atoms with Gasteiger partial charge in [-0.25, -0.2) is 4.98 Å². The van der Waals surface area contributed by atoms with Crippen LogP contribution in [0.5, 0.6) is 0 Å². The van der Waals surface area contributed by atoms with Crippen molar-refractivity contribution in [1.82, 2.24) is 14.8 Å². The zero-order chi connectivity index (χ0) is 10.8. The number of aromatic nitrogens is 3. The summed E-state index contributed by atoms with van der Waals surface area (Å²) in [5.41, 5.74) is 8.17. The first-order valence-electron chi connectivity index (χ1n) is 4.81. The molecule has 2 heterocycles. The molecule has 4 nitrogen and oxygen atoms in total. The number of hydrogen-bond acceptors (Lipinski definition) is 4. The number of aryl methyl sites for hydroxylation is 2. The predicted molar refractivity (Wildman–Crippen MR) is 60.7 cm³/mol. The molecular formula is C10H14N4S. The highest BCUT2D eigenvalue weighted by Gasteiger charge is 2.13. The summed E-state index contributed by atoms with van der Waals surface area (Å²) in [4.78, 5) is 4.23. The van der Waals surface area contributed by atoms with Gasteiger partial charge in [0.05, 0.1) is 22.4 Å². The second kappa shape index (κ2) is 4.12. The van der Waals surface area contributed by atoms with Crippen LogP contribution >= 0.6 is 11.3 Å². The van der Waals surface area contributed by atoms with Gasteiger partial charge in [-0.15, -0.1) is 11.3 Å². The molecule has 0 aliphatic heterocycles. The number of hydrogen-bond donors (Lipinski definition) is 1. The lowest BCUT2D eigenvalue weighted by Gasteiger charge is -2.09. The molecule has 0 amide bonds.